The second-order valence-corrected chi connectivity index (χ2v) is 4.07. The van der Waals surface area contributed by atoms with Gasteiger partial charge in [0.2, 0.25) is 0 Å². The molecule has 0 aromatic heterocycles. The molecule has 88 valence electrons. The van der Waals surface area contributed by atoms with Crippen molar-refractivity contribution >= 4 is 0 Å². The Balaban J connectivity index is 3.01. The van der Waals surface area contributed by atoms with E-state index in [0.29, 0.717) is 0 Å². The Bertz CT molecular complexity index is 371. The van der Waals surface area contributed by atoms with E-state index in [1.54, 1.807) is 7.11 Å². The highest BCUT2D eigenvalue weighted by molar-refractivity contribution is 5.39. The maximum Gasteiger partial charge on any atom is 0.121 e. The van der Waals surface area contributed by atoms with Gasteiger partial charge in [-0.1, -0.05) is 31.2 Å². The van der Waals surface area contributed by atoms with Crippen molar-refractivity contribution in [2.24, 2.45) is 0 Å². The number of ether oxygens (including phenoxy) is 1. The molecule has 16 heavy (non-hydrogen) atoms. The molecule has 0 amide bonds. The Morgan fingerprint density at radius 2 is 2.19 bits per heavy atom. The molecule has 0 heterocycles. The van der Waals surface area contributed by atoms with Gasteiger partial charge in [-0.15, -0.1) is 0 Å². The average Bonchev–Trinajstić information content (AvgIpc) is 2.25. The molecule has 1 atom stereocenters. The van der Waals surface area contributed by atoms with E-state index in [-0.39, 0.29) is 6.04 Å². The minimum atomic E-state index is 0.231. The van der Waals surface area contributed by atoms with E-state index in [4.69, 9.17) is 4.74 Å². The van der Waals surface area contributed by atoms with Crippen LogP contribution in [-0.4, -0.2) is 13.7 Å². The summed E-state index contributed by atoms with van der Waals surface area (Å²) in [5.41, 5.74) is 3.53. The van der Waals surface area contributed by atoms with E-state index in [1.165, 1.54) is 5.56 Å². The zero-order valence-corrected chi connectivity index (χ0v) is 10.6. The second-order valence-electron chi connectivity index (χ2n) is 4.07. The summed E-state index contributed by atoms with van der Waals surface area (Å²) >= 11 is 0. The molecule has 1 aromatic rings. The van der Waals surface area contributed by atoms with Gasteiger partial charge in [-0.05, 0) is 37.6 Å². The van der Waals surface area contributed by atoms with Crippen molar-refractivity contribution in [3.8, 4) is 5.75 Å². The van der Waals surface area contributed by atoms with Gasteiger partial charge in [-0.2, -0.15) is 0 Å². The molecular formula is C14H21NO. The second kappa shape index (κ2) is 5.71. The summed E-state index contributed by atoms with van der Waals surface area (Å²) in [4.78, 5) is 0. The molecule has 1 unspecified atom stereocenters. The average molecular weight is 219 g/mol. The van der Waals surface area contributed by atoms with Gasteiger partial charge in [0, 0.05) is 0 Å². The molecule has 1 rings (SSSR count). The number of rotatable bonds is 5. The normalized spacial score (nSPS) is 12.2. The third-order valence-electron chi connectivity index (χ3n) is 2.65. The predicted molar refractivity (Wildman–Crippen MR) is 69.0 cm³/mol. The third kappa shape index (κ3) is 2.86. The van der Waals surface area contributed by atoms with Crippen LogP contribution >= 0.6 is 0 Å². The zero-order chi connectivity index (χ0) is 12.1. The van der Waals surface area contributed by atoms with E-state index in [1.807, 2.05) is 13.0 Å². The first kappa shape index (κ1) is 12.8. The number of likely N-dealkylation sites (N-methyl/N-ethyl adjacent to an activating group) is 1. The van der Waals surface area contributed by atoms with Crippen molar-refractivity contribution in [1.29, 1.82) is 0 Å². The Morgan fingerprint density at radius 3 is 2.62 bits per heavy atom. The van der Waals surface area contributed by atoms with Gasteiger partial charge in [-0.25, -0.2) is 0 Å². The van der Waals surface area contributed by atoms with Gasteiger partial charge in [0.1, 0.15) is 5.75 Å². The van der Waals surface area contributed by atoms with Crippen LogP contribution in [0.2, 0.25) is 0 Å². The third-order valence-corrected chi connectivity index (χ3v) is 2.65. The lowest BCUT2D eigenvalue weighted by Crippen LogP contribution is -2.21. The monoisotopic (exact) mass is 219 g/mol. The first-order valence-electron chi connectivity index (χ1n) is 5.63. The topological polar surface area (TPSA) is 21.3 Å². The fraction of sp³-hybridized carbons (Fsp3) is 0.429. The molecule has 0 aliphatic carbocycles. The summed E-state index contributed by atoms with van der Waals surface area (Å²) in [6.45, 7) is 11.2. The molecule has 0 radical (unpaired) electrons. The number of nitrogens with one attached hydrogen (secondary N) is 1. The molecule has 0 saturated carbocycles. The van der Waals surface area contributed by atoms with Crippen molar-refractivity contribution in [2.75, 3.05) is 13.7 Å². The molecule has 0 spiro atoms. The summed E-state index contributed by atoms with van der Waals surface area (Å²) < 4.78 is 5.26. The van der Waals surface area contributed by atoms with Crippen LogP contribution in [0.4, 0.5) is 0 Å². The van der Waals surface area contributed by atoms with E-state index in [0.717, 1.165) is 23.4 Å². The number of hydrogen-bond acceptors (Lipinski definition) is 2. The highest BCUT2D eigenvalue weighted by Gasteiger charge is 2.11. The van der Waals surface area contributed by atoms with Crippen LogP contribution < -0.4 is 10.1 Å². The van der Waals surface area contributed by atoms with Gasteiger partial charge in [0.05, 0.1) is 13.2 Å². The van der Waals surface area contributed by atoms with Crippen molar-refractivity contribution in [3.05, 3.63) is 41.5 Å². The quantitative estimate of drug-likeness (QED) is 0.768. The number of hydrogen-bond donors (Lipinski definition) is 1. The minimum Gasteiger partial charge on any atom is -0.496 e. The van der Waals surface area contributed by atoms with Gasteiger partial charge in [0.25, 0.3) is 0 Å². The fourth-order valence-corrected chi connectivity index (χ4v) is 1.86. The molecular weight excluding hydrogens is 198 g/mol. The Kier molecular flexibility index (Phi) is 4.56. The number of methoxy groups -OCH3 is 1. The lowest BCUT2D eigenvalue weighted by molar-refractivity contribution is 0.411. The highest BCUT2D eigenvalue weighted by atomic mass is 16.5. The molecule has 0 aliphatic heterocycles. The zero-order valence-electron chi connectivity index (χ0n) is 10.6. The van der Waals surface area contributed by atoms with E-state index < -0.39 is 0 Å². The van der Waals surface area contributed by atoms with Gasteiger partial charge < -0.3 is 10.1 Å². The Morgan fingerprint density at radius 1 is 1.50 bits per heavy atom. The van der Waals surface area contributed by atoms with Gasteiger partial charge in [0.15, 0.2) is 0 Å². The van der Waals surface area contributed by atoms with Gasteiger partial charge in [-0.3, -0.25) is 0 Å². The SMILES string of the molecule is C=C(C)C(NCC)c1ccc(OC)c(C)c1. The predicted octanol–water partition coefficient (Wildman–Crippen LogP) is 3.23. The van der Waals surface area contributed by atoms with Crippen molar-refractivity contribution in [3.63, 3.8) is 0 Å². The minimum absolute atomic E-state index is 0.231. The van der Waals surface area contributed by atoms with Crippen LogP contribution in [0.3, 0.4) is 0 Å². The van der Waals surface area contributed by atoms with Crippen molar-refractivity contribution in [1.82, 2.24) is 5.32 Å². The fourth-order valence-electron chi connectivity index (χ4n) is 1.86. The largest absolute Gasteiger partial charge is 0.496 e. The lowest BCUT2D eigenvalue weighted by Gasteiger charge is -2.19. The molecule has 2 heteroatoms. The highest BCUT2D eigenvalue weighted by Crippen LogP contribution is 2.25. The molecule has 2 nitrogen and oxygen atoms in total. The van der Waals surface area contributed by atoms with Gasteiger partial charge >= 0.3 is 0 Å². The molecule has 0 aliphatic rings. The lowest BCUT2D eigenvalue weighted by atomic mass is 9.99. The summed E-state index contributed by atoms with van der Waals surface area (Å²) in [5, 5.41) is 3.42. The van der Waals surface area contributed by atoms with E-state index in [9.17, 15) is 0 Å². The molecule has 0 saturated heterocycles. The van der Waals surface area contributed by atoms with Crippen molar-refractivity contribution in [2.45, 2.75) is 26.8 Å². The molecule has 0 fully saturated rings. The number of benzene rings is 1. The Labute approximate surface area is 98.3 Å². The molecule has 1 N–H and O–H groups in total. The molecule has 0 bridgehead atoms. The summed E-state index contributed by atoms with van der Waals surface area (Å²) in [7, 11) is 1.70. The standard InChI is InChI=1S/C14H21NO/c1-6-15-14(10(2)3)12-7-8-13(16-5)11(4)9-12/h7-9,14-15H,2,6H2,1,3-5H3. The first-order valence-corrected chi connectivity index (χ1v) is 5.63. The molecule has 1 aromatic carbocycles. The van der Waals surface area contributed by atoms with Crippen LogP contribution in [0.25, 0.3) is 0 Å². The maximum atomic E-state index is 5.26. The van der Waals surface area contributed by atoms with Crippen LogP contribution in [0.15, 0.2) is 30.4 Å². The summed E-state index contributed by atoms with van der Waals surface area (Å²) in [6, 6.07) is 6.49. The number of aryl methyl sites for hydroxylation is 1. The van der Waals surface area contributed by atoms with Crippen LogP contribution in [0.1, 0.15) is 31.0 Å². The first-order chi connectivity index (χ1) is 7.60. The van der Waals surface area contributed by atoms with E-state index in [2.05, 4.69) is 37.9 Å². The van der Waals surface area contributed by atoms with Crippen LogP contribution in [0, 0.1) is 6.92 Å². The summed E-state index contributed by atoms with van der Waals surface area (Å²) in [6.07, 6.45) is 0. The maximum absolute atomic E-state index is 5.26. The van der Waals surface area contributed by atoms with E-state index >= 15 is 0 Å². The van der Waals surface area contributed by atoms with Crippen molar-refractivity contribution < 1.29 is 4.74 Å². The van der Waals surface area contributed by atoms with Crippen LogP contribution in [0.5, 0.6) is 5.75 Å². The van der Waals surface area contributed by atoms with Crippen LogP contribution in [-0.2, 0) is 0 Å². The summed E-state index contributed by atoms with van der Waals surface area (Å²) in [5.74, 6) is 0.931. The Hall–Kier alpha value is -1.28. The smallest absolute Gasteiger partial charge is 0.121 e.